The van der Waals surface area contributed by atoms with Gasteiger partial charge in [0.05, 0.1) is 15.7 Å². The monoisotopic (exact) mass is 342 g/mol. The Labute approximate surface area is 137 Å². The van der Waals surface area contributed by atoms with Crippen molar-refractivity contribution < 1.29 is 4.79 Å². The number of thiazole rings is 1. The minimum Gasteiger partial charge on any atom is -0.291 e. The van der Waals surface area contributed by atoms with E-state index in [0.717, 1.165) is 4.88 Å². The topological polar surface area (TPSA) is 34.4 Å². The molecule has 0 saturated carbocycles. The standard InChI is InChI=1S/C15H16Cl2N2OS/c1-9-8-19(11-7-5-6-10(16)12(11)17)14(21-9)18-13(20)15(2,3)4/h5-8H,1-4H3. The Balaban J connectivity index is 2.65. The molecule has 0 saturated heterocycles. The molecule has 0 aliphatic heterocycles. The lowest BCUT2D eigenvalue weighted by molar-refractivity contribution is -0.125. The molecule has 112 valence electrons. The lowest BCUT2D eigenvalue weighted by atomic mass is 9.96. The van der Waals surface area contributed by atoms with E-state index in [0.29, 0.717) is 20.5 Å². The molecule has 6 heteroatoms. The molecule has 0 bridgehead atoms. The highest BCUT2D eigenvalue weighted by atomic mass is 35.5. The molecule has 2 rings (SSSR count). The van der Waals surface area contributed by atoms with Gasteiger partial charge < -0.3 is 0 Å². The third-order valence-electron chi connectivity index (χ3n) is 2.80. The predicted octanol–water partition coefficient (Wildman–Crippen LogP) is 4.63. The lowest BCUT2D eigenvalue weighted by Crippen LogP contribution is -2.23. The smallest absolute Gasteiger partial charge is 0.253 e. The van der Waals surface area contributed by atoms with Crippen LogP contribution >= 0.6 is 34.5 Å². The third-order valence-corrected chi connectivity index (χ3v) is 4.51. The van der Waals surface area contributed by atoms with Gasteiger partial charge in [-0.15, -0.1) is 11.3 Å². The summed E-state index contributed by atoms with van der Waals surface area (Å²) in [6.07, 6.45) is 1.90. The van der Waals surface area contributed by atoms with Gasteiger partial charge in [-0.3, -0.25) is 9.36 Å². The maximum atomic E-state index is 12.1. The predicted molar refractivity (Wildman–Crippen MR) is 88.4 cm³/mol. The van der Waals surface area contributed by atoms with E-state index >= 15 is 0 Å². The minimum absolute atomic E-state index is 0.170. The number of hydrogen-bond donors (Lipinski definition) is 0. The summed E-state index contributed by atoms with van der Waals surface area (Å²) in [6, 6.07) is 5.39. The first-order valence-electron chi connectivity index (χ1n) is 6.43. The van der Waals surface area contributed by atoms with Gasteiger partial charge in [-0.05, 0) is 19.1 Å². The van der Waals surface area contributed by atoms with E-state index in [1.54, 1.807) is 10.6 Å². The molecular formula is C15H16Cl2N2OS. The lowest BCUT2D eigenvalue weighted by Gasteiger charge is -2.12. The van der Waals surface area contributed by atoms with Crippen LogP contribution in [0.2, 0.25) is 10.0 Å². The summed E-state index contributed by atoms with van der Waals surface area (Å²) in [5, 5.41) is 0.917. The SMILES string of the molecule is Cc1cn(-c2cccc(Cl)c2Cl)c(=NC(=O)C(C)(C)C)s1. The van der Waals surface area contributed by atoms with E-state index in [-0.39, 0.29) is 5.91 Å². The Morgan fingerprint density at radius 2 is 1.95 bits per heavy atom. The van der Waals surface area contributed by atoms with Crippen molar-refractivity contribution in [3.8, 4) is 5.69 Å². The van der Waals surface area contributed by atoms with Crippen LogP contribution in [0, 0.1) is 12.3 Å². The van der Waals surface area contributed by atoms with Gasteiger partial charge in [0.25, 0.3) is 5.91 Å². The van der Waals surface area contributed by atoms with Crippen LogP contribution in [0.3, 0.4) is 0 Å². The Bertz CT molecular complexity index is 754. The first-order valence-corrected chi connectivity index (χ1v) is 8.00. The van der Waals surface area contributed by atoms with Crippen molar-refractivity contribution in [1.29, 1.82) is 0 Å². The van der Waals surface area contributed by atoms with Gasteiger partial charge in [0.15, 0.2) is 4.80 Å². The molecular weight excluding hydrogens is 327 g/mol. The molecule has 1 aromatic carbocycles. The normalized spacial score (nSPS) is 12.8. The first kappa shape index (κ1) is 16.3. The molecule has 3 nitrogen and oxygen atoms in total. The van der Waals surface area contributed by atoms with Crippen molar-refractivity contribution in [2.45, 2.75) is 27.7 Å². The van der Waals surface area contributed by atoms with E-state index in [2.05, 4.69) is 4.99 Å². The number of aromatic nitrogens is 1. The number of rotatable bonds is 1. The average Bonchev–Trinajstić information content (AvgIpc) is 2.72. The van der Waals surface area contributed by atoms with Gasteiger partial charge >= 0.3 is 0 Å². The van der Waals surface area contributed by atoms with Crippen molar-refractivity contribution >= 4 is 40.4 Å². The van der Waals surface area contributed by atoms with E-state index in [4.69, 9.17) is 23.2 Å². The number of amides is 1. The molecule has 0 atom stereocenters. The maximum absolute atomic E-state index is 12.1. The van der Waals surface area contributed by atoms with Crippen LogP contribution in [0.25, 0.3) is 5.69 Å². The summed E-state index contributed by atoms with van der Waals surface area (Å²) < 4.78 is 1.80. The highest BCUT2D eigenvalue weighted by Crippen LogP contribution is 2.28. The summed E-state index contributed by atoms with van der Waals surface area (Å²) in [4.78, 5) is 18.0. The largest absolute Gasteiger partial charge is 0.291 e. The molecule has 0 aliphatic rings. The van der Waals surface area contributed by atoms with Crippen LogP contribution < -0.4 is 4.80 Å². The number of nitrogens with zero attached hydrogens (tertiary/aromatic N) is 2. The number of halogens is 2. The van der Waals surface area contributed by atoms with Gasteiger partial charge in [-0.2, -0.15) is 4.99 Å². The molecule has 21 heavy (non-hydrogen) atoms. The summed E-state index contributed by atoms with van der Waals surface area (Å²) in [6.45, 7) is 7.49. The van der Waals surface area contributed by atoms with Crippen LogP contribution in [0.4, 0.5) is 0 Å². The second-order valence-electron chi connectivity index (χ2n) is 5.73. The van der Waals surface area contributed by atoms with Crippen molar-refractivity contribution in [2.24, 2.45) is 10.4 Å². The minimum atomic E-state index is -0.520. The van der Waals surface area contributed by atoms with Gasteiger partial charge in [0.1, 0.15) is 0 Å². The Kier molecular flexibility index (Phi) is 4.61. The number of carbonyl (C=O) groups is 1. The van der Waals surface area contributed by atoms with Crippen molar-refractivity contribution in [3.63, 3.8) is 0 Å². The van der Waals surface area contributed by atoms with Crippen LogP contribution in [-0.2, 0) is 4.79 Å². The van der Waals surface area contributed by atoms with Crippen LogP contribution in [0.15, 0.2) is 29.4 Å². The third kappa shape index (κ3) is 3.57. The van der Waals surface area contributed by atoms with Crippen LogP contribution in [0.1, 0.15) is 25.6 Å². The van der Waals surface area contributed by atoms with Crippen molar-refractivity contribution in [2.75, 3.05) is 0 Å². The van der Waals surface area contributed by atoms with E-state index in [1.807, 2.05) is 46.0 Å². The van der Waals surface area contributed by atoms with Crippen molar-refractivity contribution in [1.82, 2.24) is 4.57 Å². The molecule has 0 radical (unpaired) electrons. The Morgan fingerprint density at radius 3 is 2.57 bits per heavy atom. The highest BCUT2D eigenvalue weighted by Gasteiger charge is 2.21. The summed E-state index contributed by atoms with van der Waals surface area (Å²) in [5.74, 6) is -0.170. The second kappa shape index (κ2) is 5.95. The molecule has 0 aliphatic carbocycles. The molecule has 0 fully saturated rings. The van der Waals surface area contributed by atoms with E-state index in [9.17, 15) is 4.79 Å². The number of aryl methyl sites for hydroxylation is 1. The van der Waals surface area contributed by atoms with Crippen LogP contribution in [-0.4, -0.2) is 10.5 Å². The molecule has 2 aromatic rings. The quantitative estimate of drug-likeness (QED) is 0.743. The Hall–Kier alpha value is -1.10. The maximum Gasteiger partial charge on any atom is 0.253 e. The average molecular weight is 343 g/mol. The second-order valence-corrected chi connectivity index (χ2v) is 7.73. The highest BCUT2D eigenvalue weighted by molar-refractivity contribution is 7.09. The fourth-order valence-corrected chi connectivity index (χ4v) is 2.85. The summed E-state index contributed by atoms with van der Waals surface area (Å²) in [7, 11) is 0. The number of hydrogen-bond acceptors (Lipinski definition) is 2. The van der Waals surface area contributed by atoms with Gasteiger partial charge in [-0.1, -0.05) is 50.0 Å². The molecule has 0 spiro atoms. The Morgan fingerprint density at radius 1 is 1.29 bits per heavy atom. The van der Waals surface area contributed by atoms with Gasteiger partial charge in [0.2, 0.25) is 0 Å². The first-order chi connectivity index (χ1) is 9.70. The molecule has 1 amide bonds. The van der Waals surface area contributed by atoms with Crippen LogP contribution in [0.5, 0.6) is 0 Å². The molecule has 0 unspecified atom stereocenters. The zero-order valence-electron chi connectivity index (χ0n) is 12.3. The summed E-state index contributed by atoms with van der Waals surface area (Å²) >= 11 is 13.8. The van der Waals surface area contributed by atoms with E-state index in [1.165, 1.54) is 11.3 Å². The number of benzene rings is 1. The fourth-order valence-electron chi connectivity index (χ4n) is 1.64. The zero-order chi connectivity index (χ0) is 15.8. The van der Waals surface area contributed by atoms with Gasteiger partial charge in [0, 0.05) is 16.5 Å². The van der Waals surface area contributed by atoms with Crippen molar-refractivity contribution in [3.05, 3.63) is 44.1 Å². The molecule has 1 heterocycles. The molecule has 0 N–H and O–H groups in total. The van der Waals surface area contributed by atoms with Gasteiger partial charge in [-0.25, -0.2) is 0 Å². The molecule has 1 aromatic heterocycles. The number of carbonyl (C=O) groups excluding carboxylic acids is 1. The zero-order valence-corrected chi connectivity index (χ0v) is 14.6. The van der Waals surface area contributed by atoms with E-state index < -0.39 is 5.41 Å². The fraction of sp³-hybridized carbons (Fsp3) is 0.333. The summed E-state index contributed by atoms with van der Waals surface area (Å²) in [5.41, 5.74) is 0.197.